The molecule has 0 spiro atoms. The fourth-order valence-electron chi connectivity index (χ4n) is 3.16. The second-order valence-corrected chi connectivity index (χ2v) is 11.7. The van der Waals surface area contributed by atoms with Gasteiger partial charge in [0.15, 0.2) is 0 Å². The lowest BCUT2D eigenvalue weighted by Crippen LogP contribution is -2.52. The Hall–Kier alpha value is -1.71. The Bertz CT molecular complexity index is 1190. The SMILES string of the molecule is CC[C@@H](C)NC(=O)[C@H](C)N(Cc1ccc(Cl)c(Cl)c1)C(=O)CN(c1ccc(Cl)cc1Cl)S(C)(=O)=O. The molecule has 2 aromatic carbocycles. The largest absolute Gasteiger partial charge is 0.352 e. The molecule has 2 rings (SSSR count). The van der Waals surface area contributed by atoms with E-state index in [1.54, 1.807) is 25.1 Å². The fourth-order valence-corrected chi connectivity index (χ4v) is 4.90. The third-order valence-corrected chi connectivity index (χ3v) is 7.77. The highest BCUT2D eigenvalue weighted by Gasteiger charge is 2.31. The molecule has 35 heavy (non-hydrogen) atoms. The molecule has 0 aliphatic heterocycles. The third kappa shape index (κ3) is 8.15. The summed E-state index contributed by atoms with van der Waals surface area (Å²) in [6.07, 6.45) is 1.67. The predicted octanol–water partition coefficient (Wildman–Crippen LogP) is 5.40. The molecule has 1 N–H and O–H groups in total. The Morgan fingerprint density at radius 3 is 2.17 bits per heavy atom. The van der Waals surface area contributed by atoms with Crippen LogP contribution in [-0.4, -0.2) is 50.0 Å². The summed E-state index contributed by atoms with van der Waals surface area (Å²) in [4.78, 5) is 27.7. The summed E-state index contributed by atoms with van der Waals surface area (Å²) in [5.41, 5.74) is 0.712. The van der Waals surface area contributed by atoms with Gasteiger partial charge in [-0.1, -0.05) is 59.4 Å². The summed E-state index contributed by atoms with van der Waals surface area (Å²) in [5, 5.41) is 3.87. The second kappa shape index (κ2) is 12.5. The molecule has 7 nitrogen and oxygen atoms in total. The van der Waals surface area contributed by atoms with Gasteiger partial charge in [-0.25, -0.2) is 8.42 Å². The summed E-state index contributed by atoms with van der Waals surface area (Å²) < 4.78 is 26.1. The molecule has 0 saturated heterocycles. The molecule has 0 heterocycles. The zero-order valence-electron chi connectivity index (χ0n) is 19.7. The van der Waals surface area contributed by atoms with Crippen LogP contribution in [0.4, 0.5) is 5.69 Å². The van der Waals surface area contributed by atoms with E-state index in [1.165, 1.54) is 23.1 Å². The molecule has 192 valence electrons. The van der Waals surface area contributed by atoms with E-state index in [0.29, 0.717) is 27.1 Å². The van der Waals surface area contributed by atoms with Gasteiger partial charge in [0.05, 0.1) is 27.0 Å². The molecule has 0 aliphatic carbocycles. The molecular weight excluding hydrogens is 556 g/mol. The van der Waals surface area contributed by atoms with Crippen molar-refractivity contribution < 1.29 is 18.0 Å². The maximum atomic E-state index is 13.5. The first-order valence-electron chi connectivity index (χ1n) is 10.7. The number of hydrogen-bond donors (Lipinski definition) is 1. The summed E-state index contributed by atoms with van der Waals surface area (Å²) in [7, 11) is -3.92. The van der Waals surface area contributed by atoms with Gasteiger partial charge >= 0.3 is 0 Å². The van der Waals surface area contributed by atoms with Crippen molar-refractivity contribution in [2.45, 2.75) is 45.8 Å². The van der Waals surface area contributed by atoms with Crippen molar-refractivity contribution in [3.05, 3.63) is 62.1 Å². The molecule has 0 unspecified atom stereocenters. The Kier molecular flexibility index (Phi) is 10.5. The monoisotopic (exact) mass is 581 g/mol. The van der Waals surface area contributed by atoms with Crippen molar-refractivity contribution in [3.8, 4) is 0 Å². The molecule has 0 saturated carbocycles. The number of benzene rings is 2. The number of amides is 2. The molecule has 12 heteroatoms. The molecule has 0 fully saturated rings. The van der Waals surface area contributed by atoms with Crippen molar-refractivity contribution >= 4 is 73.9 Å². The lowest BCUT2D eigenvalue weighted by atomic mass is 10.1. The number of halogens is 4. The summed E-state index contributed by atoms with van der Waals surface area (Å²) in [5.74, 6) is -0.984. The molecule has 0 bridgehead atoms. The maximum absolute atomic E-state index is 13.5. The van der Waals surface area contributed by atoms with E-state index in [0.717, 1.165) is 10.6 Å². The number of carbonyl (C=O) groups is 2. The van der Waals surface area contributed by atoms with Crippen LogP contribution in [0.15, 0.2) is 36.4 Å². The number of rotatable bonds is 10. The number of nitrogens with one attached hydrogen (secondary N) is 1. The van der Waals surface area contributed by atoms with Crippen LogP contribution in [0.5, 0.6) is 0 Å². The average Bonchev–Trinajstić information content (AvgIpc) is 2.77. The molecule has 0 aromatic heterocycles. The van der Waals surface area contributed by atoms with Crippen molar-refractivity contribution in [3.63, 3.8) is 0 Å². The Labute approximate surface area is 226 Å². The molecule has 2 amide bonds. The number of nitrogens with zero attached hydrogens (tertiary/aromatic N) is 2. The van der Waals surface area contributed by atoms with Gasteiger partial charge < -0.3 is 10.2 Å². The smallest absolute Gasteiger partial charge is 0.244 e. The fraction of sp³-hybridized carbons (Fsp3) is 0.391. The normalized spacial score (nSPS) is 13.1. The van der Waals surface area contributed by atoms with Crippen molar-refractivity contribution in [1.82, 2.24) is 10.2 Å². The highest BCUT2D eigenvalue weighted by molar-refractivity contribution is 7.92. The highest BCUT2D eigenvalue weighted by Crippen LogP contribution is 2.31. The zero-order valence-corrected chi connectivity index (χ0v) is 23.5. The summed E-state index contributed by atoms with van der Waals surface area (Å²) >= 11 is 24.3. The average molecular weight is 583 g/mol. The molecule has 2 aromatic rings. The standard InChI is InChI=1S/C23H27Cl4N3O4S/c1-5-14(2)28-23(32)15(3)29(12-16-6-8-18(25)19(26)10-16)22(31)13-30(35(4,33)34)21-9-7-17(24)11-20(21)27/h6-11,14-15H,5,12-13H2,1-4H3,(H,28,32)/t14-,15+/m1/s1. The Balaban J connectivity index is 2.44. The highest BCUT2D eigenvalue weighted by atomic mass is 35.5. The number of carbonyl (C=O) groups excluding carboxylic acids is 2. The second-order valence-electron chi connectivity index (χ2n) is 8.13. The Morgan fingerprint density at radius 1 is 0.971 bits per heavy atom. The van der Waals surface area contributed by atoms with Crippen LogP contribution in [0.2, 0.25) is 20.1 Å². The van der Waals surface area contributed by atoms with E-state index in [4.69, 9.17) is 46.4 Å². The van der Waals surface area contributed by atoms with Gasteiger partial charge in [-0.05, 0) is 56.2 Å². The predicted molar refractivity (Wildman–Crippen MR) is 143 cm³/mol. The van der Waals surface area contributed by atoms with E-state index < -0.39 is 28.5 Å². The van der Waals surface area contributed by atoms with Crippen LogP contribution in [0.25, 0.3) is 0 Å². The van der Waals surface area contributed by atoms with Crippen molar-refractivity contribution in [2.75, 3.05) is 17.1 Å². The van der Waals surface area contributed by atoms with Gasteiger partial charge in [0.25, 0.3) is 0 Å². The van der Waals surface area contributed by atoms with Gasteiger partial charge in [-0.3, -0.25) is 13.9 Å². The van der Waals surface area contributed by atoms with Crippen LogP contribution >= 0.6 is 46.4 Å². The summed E-state index contributed by atoms with van der Waals surface area (Å²) in [6.45, 7) is 4.77. The molecular formula is C23H27Cl4N3O4S. The number of hydrogen-bond acceptors (Lipinski definition) is 4. The minimum absolute atomic E-state index is 0.00321. The first kappa shape index (κ1) is 29.5. The third-order valence-electron chi connectivity index (χ3n) is 5.36. The topological polar surface area (TPSA) is 86.8 Å². The Morgan fingerprint density at radius 2 is 1.63 bits per heavy atom. The lowest BCUT2D eigenvalue weighted by Gasteiger charge is -2.32. The minimum atomic E-state index is -3.92. The van der Waals surface area contributed by atoms with Gasteiger partial charge in [-0.2, -0.15) is 0 Å². The van der Waals surface area contributed by atoms with Gasteiger partial charge in [0.2, 0.25) is 21.8 Å². The van der Waals surface area contributed by atoms with E-state index >= 15 is 0 Å². The van der Waals surface area contributed by atoms with Crippen LogP contribution in [0, 0.1) is 0 Å². The first-order valence-corrected chi connectivity index (χ1v) is 14.1. The van der Waals surface area contributed by atoms with Gasteiger partial charge in [0, 0.05) is 17.6 Å². The van der Waals surface area contributed by atoms with E-state index in [2.05, 4.69) is 5.32 Å². The lowest BCUT2D eigenvalue weighted by molar-refractivity contribution is -0.139. The number of sulfonamides is 1. The van der Waals surface area contributed by atoms with Gasteiger partial charge in [0.1, 0.15) is 12.6 Å². The maximum Gasteiger partial charge on any atom is 0.244 e. The minimum Gasteiger partial charge on any atom is -0.352 e. The van der Waals surface area contributed by atoms with Gasteiger partial charge in [-0.15, -0.1) is 0 Å². The van der Waals surface area contributed by atoms with Crippen LogP contribution in [0.3, 0.4) is 0 Å². The first-order chi connectivity index (χ1) is 16.2. The van der Waals surface area contributed by atoms with E-state index in [1.807, 2.05) is 13.8 Å². The zero-order chi connectivity index (χ0) is 26.5. The van der Waals surface area contributed by atoms with Crippen LogP contribution in [-0.2, 0) is 26.2 Å². The number of anilines is 1. The molecule has 2 atom stereocenters. The van der Waals surface area contributed by atoms with E-state index in [9.17, 15) is 18.0 Å². The quantitative estimate of drug-likeness (QED) is 0.406. The molecule has 0 aliphatic rings. The van der Waals surface area contributed by atoms with Crippen molar-refractivity contribution in [2.24, 2.45) is 0 Å². The van der Waals surface area contributed by atoms with E-state index in [-0.39, 0.29) is 29.2 Å². The van der Waals surface area contributed by atoms with Crippen molar-refractivity contribution in [1.29, 1.82) is 0 Å². The van der Waals surface area contributed by atoms with Crippen LogP contribution < -0.4 is 9.62 Å². The summed E-state index contributed by atoms with van der Waals surface area (Å²) in [6, 6.07) is 8.12. The van der Waals surface area contributed by atoms with Crippen LogP contribution in [0.1, 0.15) is 32.8 Å². The molecule has 0 radical (unpaired) electrons.